The molecule has 0 aliphatic heterocycles. The lowest BCUT2D eigenvalue weighted by Gasteiger charge is -2.08. The van der Waals surface area contributed by atoms with Crippen LogP contribution in [0.5, 0.6) is 5.75 Å². The Bertz CT molecular complexity index is 624. The fraction of sp³-hybridized carbons (Fsp3) is 0.0667. The second kappa shape index (κ2) is 5.40. The van der Waals surface area contributed by atoms with Crippen molar-refractivity contribution in [3.05, 3.63) is 59.2 Å². The van der Waals surface area contributed by atoms with Gasteiger partial charge in [-0.1, -0.05) is 12.0 Å². The molecule has 2 N–H and O–H groups in total. The molecule has 0 atom stereocenters. The van der Waals surface area contributed by atoms with Crippen molar-refractivity contribution in [2.75, 3.05) is 5.32 Å². The summed E-state index contributed by atoms with van der Waals surface area (Å²) in [6.45, 7) is 0.224. The van der Waals surface area contributed by atoms with Crippen LogP contribution in [0.15, 0.2) is 36.4 Å². The minimum Gasteiger partial charge on any atom is -0.503 e. The van der Waals surface area contributed by atoms with Crippen molar-refractivity contribution in [1.29, 1.82) is 0 Å². The molecular formula is C15H11F2NO. The van der Waals surface area contributed by atoms with Crippen LogP contribution in [0.1, 0.15) is 11.1 Å². The molecule has 0 fully saturated rings. The summed E-state index contributed by atoms with van der Waals surface area (Å²) in [5.41, 5.74) is 1.86. The molecule has 0 radical (unpaired) electrons. The van der Waals surface area contributed by atoms with Crippen molar-refractivity contribution in [3.8, 4) is 18.1 Å². The fourth-order valence-corrected chi connectivity index (χ4v) is 1.64. The highest BCUT2D eigenvalue weighted by molar-refractivity contribution is 5.50. The second-order valence-electron chi connectivity index (χ2n) is 3.99. The predicted octanol–water partition coefficient (Wildman–Crippen LogP) is 3.26. The van der Waals surface area contributed by atoms with E-state index in [0.717, 1.165) is 17.8 Å². The maximum absolute atomic E-state index is 13.1. The van der Waals surface area contributed by atoms with Crippen LogP contribution in [0.4, 0.5) is 14.5 Å². The van der Waals surface area contributed by atoms with Crippen LogP contribution in [0.2, 0.25) is 0 Å². The Labute approximate surface area is 109 Å². The van der Waals surface area contributed by atoms with E-state index in [1.165, 1.54) is 0 Å². The van der Waals surface area contributed by atoms with E-state index in [1.54, 1.807) is 24.3 Å². The summed E-state index contributed by atoms with van der Waals surface area (Å²) >= 11 is 0. The molecule has 0 heterocycles. The second-order valence-corrected chi connectivity index (χ2v) is 3.99. The van der Waals surface area contributed by atoms with Crippen LogP contribution in [0.3, 0.4) is 0 Å². The lowest BCUT2D eigenvalue weighted by atomic mass is 10.1. The number of anilines is 1. The van der Waals surface area contributed by atoms with Crippen molar-refractivity contribution in [1.82, 2.24) is 0 Å². The van der Waals surface area contributed by atoms with Gasteiger partial charge in [-0.2, -0.15) is 0 Å². The SMILES string of the molecule is C#Cc1cccc(NCc2cc(F)c(O)c(F)c2)c1. The van der Waals surface area contributed by atoms with Gasteiger partial charge in [-0.3, -0.25) is 0 Å². The van der Waals surface area contributed by atoms with E-state index in [0.29, 0.717) is 11.1 Å². The number of nitrogens with one attached hydrogen (secondary N) is 1. The molecule has 0 amide bonds. The Morgan fingerprint density at radius 1 is 1.16 bits per heavy atom. The van der Waals surface area contributed by atoms with E-state index in [-0.39, 0.29) is 6.54 Å². The van der Waals surface area contributed by atoms with Crippen LogP contribution in [-0.4, -0.2) is 5.11 Å². The maximum atomic E-state index is 13.1. The number of benzene rings is 2. The summed E-state index contributed by atoms with van der Waals surface area (Å²) in [6.07, 6.45) is 5.28. The number of rotatable bonds is 3. The summed E-state index contributed by atoms with van der Waals surface area (Å²) in [4.78, 5) is 0. The smallest absolute Gasteiger partial charge is 0.187 e. The third-order valence-electron chi connectivity index (χ3n) is 2.60. The lowest BCUT2D eigenvalue weighted by molar-refractivity contribution is 0.395. The van der Waals surface area contributed by atoms with Gasteiger partial charge in [0.2, 0.25) is 0 Å². The summed E-state index contributed by atoms with van der Waals surface area (Å²) in [5.74, 6) is -0.417. The Morgan fingerprint density at radius 2 is 1.84 bits per heavy atom. The molecule has 0 unspecified atom stereocenters. The molecule has 2 aromatic rings. The number of hydrogen-bond acceptors (Lipinski definition) is 2. The normalized spacial score (nSPS) is 9.95. The summed E-state index contributed by atoms with van der Waals surface area (Å²) < 4.78 is 26.3. The average molecular weight is 259 g/mol. The summed E-state index contributed by atoms with van der Waals surface area (Å²) in [7, 11) is 0. The number of terminal acetylenes is 1. The van der Waals surface area contributed by atoms with Gasteiger partial charge in [-0.15, -0.1) is 6.42 Å². The van der Waals surface area contributed by atoms with Crippen LogP contribution in [0, 0.1) is 24.0 Å². The molecule has 0 aliphatic carbocycles. The molecule has 96 valence electrons. The first-order chi connectivity index (χ1) is 9.10. The number of phenolic OH excluding ortho intramolecular Hbond substituents is 1. The van der Waals surface area contributed by atoms with Gasteiger partial charge in [-0.25, -0.2) is 8.78 Å². The van der Waals surface area contributed by atoms with Gasteiger partial charge in [0, 0.05) is 17.8 Å². The Hall–Kier alpha value is -2.54. The molecule has 0 aliphatic rings. The van der Waals surface area contributed by atoms with Crippen molar-refractivity contribution >= 4 is 5.69 Å². The van der Waals surface area contributed by atoms with E-state index in [9.17, 15) is 8.78 Å². The average Bonchev–Trinajstić information content (AvgIpc) is 2.42. The largest absolute Gasteiger partial charge is 0.503 e. The highest BCUT2D eigenvalue weighted by atomic mass is 19.1. The monoisotopic (exact) mass is 259 g/mol. The van der Waals surface area contributed by atoms with Crippen LogP contribution >= 0.6 is 0 Å². The molecule has 0 saturated carbocycles. The lowest BCUT2D eigenvalue weighted by Crippen LogP contribution is -2.01. The van der Waals surface area contributed by atoms with Gasteiger partial charge in [0.05, 0.1) is 0 Å². The fourth-order valence-electron chi connectivity index (χ4n) is 1.64. The van der Waals surface area contributed by atoms with E-state index < -0.39 is 17.4 Å². The number of halogens is 2. The van der Waals surface area contributed by atoms with Crippen molar-refractivity contribution < 1.29 is 13.9 Å². The van der Waals surface area contributed by atoms with E-state index in [2.05, 4.69) is 11.2 Å². The van der Waals surface area contributed by atoms with Gasteiger partial charge in [0.1, 0.15) is 0 Å². The van der Waals surface area contributed by atoms with Crippen molar-refractivity contribution in [3.63, 3.8) is 0 Å². The highest BCUT2D eigenvalue weighted by Gasteiger charge is 2.09. The van der Waals surface area contributed by atoms with Crippen LogP contribution in [-0.2, 0) is 6.54 Å². The van der Waals surface area contributed by atoms with E-state index >= 15 is 0 Å². The first-order valence-electron chi connectivity index (χ1n) is 5.57. The zero-order valence-electron chi connectivity index (χ0n) is 9.95. The topological polar surface area (TPSA) is 32.3 Å². The van der Waals surface area contributed by atoms with E-state index in [1.807, 2.05) is 0 Å². The summed E-state index contributed by atoms with van der Waals surface area (Å²) in [5, 5.41) is 12.0. The van der Waals surface area contributed by atoms with Gasteiger partial charge in [0.25, 0.3) is 0 Å². The first-order valence-corrected chi connectivity index (χ1v) is 5.57. The molecule has 0 aromatic heterocycles. The number of phenols is 1. The molecule has 0 saturated heterocycles. The summed E-state index contributed by atoms with van der Waals surface area (Å²) in [6, 6.07) is 9.29. The van der Waals surface area contributed by atoms with E-state index in [4.69, 9.17) is 11.5 Å². The predicted molar refractivity (Wildman–Crippen MR) is 69.7 cm³/mol. The first kappa shape index (κ1) is 12.9. The Kier molecular flexibility index (Phi) is 3.67. The number of aromatic hydroxyl groups is 1. The Balaban J connectivity index is 2.12. The van der Waals surface area contributed by atoms with Crippen molar-refractivity contribution in [2.45, 2.75) is 6.54 Å². The molecule has 0 spiro atoms. The molecule has 2 nitrogen and oxygen atoms in total. The Morgan fingerprint density at radius 3 is 2.47 bits per heavy atom. The molecule has 19 heavy (non-hydrogen) atoms. The van der Waals surface area contributed by atoms with Gasteiger partial charge >= 0.3 is 0 Å². The van der Waals surface area contributed by atoms with Crippen molar-refractivity contribution in [2.24, 2.45) is 0 Å². The van der Waals surface area contributed by atoms with Crippen LogP contribution in [0.25, 0.3) is 0 Å². The minimum atomic E-state index is -0.978. The third kappa shape index (κ3) is 3.02. The third-order valence-corrected chi connectivity index (χ3v) is 2.60. The quantitative estimate of drug-likeness (QED) is 0.829. The molecular weight excluding hydrogens is 248 g/mol. The highest BCUT2D eigenvalue weighted by Crippen LogP contribution is 2.22. The minimum absolute atomic E-state index is 0.224. The maximum Gasteiger partial charge on any atom is 0.187 e. The van der Waals surface area contributed by atoms with Gasteiger partial charge in [0.15, 0.2) is 17.4 Å². The zero-order valence-corrected chi connectivity index (χ0v) is 9.95. The standard InChI is InChI=1S/C15H11F2NO/c1-2-10-4-3-5-12(6-10)18-9-11-7-13(16)15(19)14(17)8-11/h1,3-8,18-19H,9H2. The van der Waals surface area contributed by atoms with Gasteiger partial charge in [-0.05, 0) is 35.9 Å². The number of hydrogen-bond donors (Lipinski definition) is 2. The molecule has 2 aromatic carbocycles. The molecule has 4 heteroatoms. The molecule has 0 bridgehead atoms. The van der Waals surface area contributed by atoms with Crippen LogP contribution < -0.4 is 5.32 Å². The van der Waals surface area contributed by atoms with Gasteiger partial charge < -0.3 is 10.4 Å². The molecule has 2 rings (SSSR count). The zero-order chi connectivity index (χ0) is 13.8.